The van der Waals surface area contributed by atoms with E-state index in [0.717, 1.165) is 39.3 Å². The Morgan fingerprint density at radius 3 is 2.72 bits per heavy atom. The molecule has 4 nitrogen and oxygen atoms in total. The van der Waals surface area contributed by atoms with Gasteiger partial charge in [0.15, 0.2) is 0 Å². The van der Waals surface area contributed by atoms with Crippen LogP contribution in [0.3, 0.4) is 0 Å². The molecule has 0 aromatic heterocycles. The molecule has 3 rings (SSSR count). The zero-order valence-electron chi connectivity index (χ0n) is 10.5. The molecule has 5 heteroatoms. The van der Waals surface area contributed by atoms with Crippen molar-refractivity contribution >= 4 is 17.4 Å². The van der Waals surface area contributed by atoms with Crippen LogP contribution in [0.4, 0.5) is 5.69 Å². The molecule has 1 saturated heterocycles. The van der Waals surface area contributed by atoms with Gasteiger partial charge in [-0.3, -0.25) is 9.80 Å². The lowest BCUT2D eigenvalue weighted by Gasteiger charge is -2.37. The molecule has 2 heterocycles. The third-order valence-corrected chi connectivity index (χ3v) is 4.84. The predicted octanol–water partition coefficient (Wildman–Crippen LogP) is 1.06. The van der Waals surface area contributed by atoms with Crippen molar-refractivity contribution < 1.29 is 0 Å². The van der Waals surface area contributed by atoms with E-state index in [9.17, 15) is 0 Å². The second kappa shape index (κ2) is 5.48. The van der Waals surface area contributed by atoms with Crippen LogP contribution in [-0.4, -0.2) is 54.6 Å². The molecular weight excluding hydrogens is 244 g/mol. The van der Waals surface area contributed by atoms with E-state index < -0.39 is 0 Å². The number of hydrogen-bond donors (Lipinski definition) is 2. The van der Waals surface area contributed by atoms with Gasteiger partial charge in [-0.1, -0.05) is 23.9 Å². The van der Waals surface area contributed by atoms with Crippen molar-refractivity contribution in [3.63, 3.8) is 0 Å². The number of piperazine rings is 1. The largest absolute Gasteiger partial charge is 0.360 e. The van der Waals surface area contributed by atoms with Gasteiger partial charge >= 0.3 is 0 Å². The lowest BCUT2D eigenvalue weighted by atomic mass is 10.3. The van der Waals surface area contributed by atoms with Gasteiger partial charge < -0.3 is 11.1 Å². The second-order valence-electron chi connectivity index (χ2n) is 4.78. The minimum absolute atomic E-state index is 0.405. The van der Waals surface area contributed by atoms with Crippen LogP contribution in [-0.2, 0) is 0 Å². The number of anilines is 1. The first kappa shape index (κ1) is 12.3. The monoisotopic (exact) mass is 264 g/mol. The van der Waals surface area contributed by atoms with Gasteiger partial charge in [0.2, 0.25) is 0 Å². The highest BCUT2D eigenvalue weighted by atomic mass is 32.2. The van der Waals surface area contributed by atoms with Gasteiger partial charge in [-0.05, 0) is 12.1 Å². The highest BCUT2D eigenvalue weighted by molar-refractivity contribution is 8.00. The number of benzene rings is 1. The number of fused-ring (bicyclic) bond motifs is 1. The maximum absolute atomic E-state index is 5.60. The zero-order chi connectivity index (χ0) is 12.4. The molecule has 1 unspecified atom stereocenters. The summed E-state index contributed by atoms with van der Waals surface area (Å²) in [5.74, 6) is 0. The summed E-state index contributed by atoms with van der Waals surface area (Å²) in [4.78, 5) is 6.34. The van der Waals surface area contributed by atoms with Crippen molar-refractivity contribution in [1.82, 2.24) is 9.80 Å². The smallest absolute Gasteiger partial charge is 0.133 e. The van der Waals surface area contributed by atoms with E-state index in [4.69, 9.17) is 5.73 Å². The van der Waals surface area contributed by atoms with Gasteiger partial charge in [0.25, 0.3) is 0 Å². The van der Waals surface area contributed by atoms with Crippen molar-refractivity contribution in [2.75, 3.05) is 44.6 Å². The van der Waals surface area contributed by atoms with E-state index in [-0.39, 0.29) is 0 Å². The van der Waals surface area contributed by atoms with Crippen LogP contribution < -0.4 is 11.1 Å². The first-order valence-electron chi connectivity index (χ1n) is 6.55. The molecule has 0 saturated carbocycles. The summed E-state index contributed by atoms with van der Waals surface area (Å²) in [6.45, 7) is 6.30. The van der Waals surface area contributed by atoms with Crippen LogP contribution >= 0.6 is 11.8 Å². The van der Waals surface area contributed by atoms with Gasteiger partial charge in [0, 0.05) is 49.9 Å². The third kappa shape index (κ3) is 2.49. The first-order chi connectivity index (χ1) is 8.86. The number of rotatable bonds is 3. The van der Waals surface area contributed by atoms with Crippen molar-refractivity contribution in [2.24, 2.45) is 5.73 Å². The second-order valence-corrected chi connectivity index (χ2v) is 5.90. The van der Waals surface area contributed by atoms with Crippen LogP contribution in [0.15, 0.2) is 29.2 Å². The molecule has 2 aliphatic heterocycles. The van der Waals surface area contributed by atoms with E-state index in [1.165, 1.54) is 10.6 Å². The van der Waals surface area contributed by atoms with Crippen LogP contribution in [0, 0.1) is 0 Å². The van der Waals surface area contributed by atoms with E-state index in [1.807, 2.05) is 11.8 Å². The van der Waals surface area contributed by atoms with Crippen molar-refractivity contribution in [2.45, 2.75) is 10.4 Å². The zero-order valence-corrected chi connectivity index (χ0v) is 11.3. The molecular formula is C13H20N4S. The topological polar surface area (TPSA) is 44.5 Å². The summed E-state index contributed by atoms with van der Waals surface area (Å²) in [5.41, 5.74) is 7.28. The molecule has 0 aliphatic carbocycles. The quantitative estimate of drug-likeness (QED) is 0.855. The molecule has 3 N–H and O–H groups in total. The summed E-state index contributed by atoms with van der Waals surface area (Å²) in [7, 11) is 0. The average molecular weight is 264 g/mol. The van der Waals surface area contributed by atoms with Crippen molar-refractivity contribution in [1.29, 1.82) is 0 Å². The minimum Gasteiger partial charge on any atom is -0.360 e. The third-order valence-electron chi connectivity index (χ3n) is 3.59. The molecule has 98 valence electrons. The van der Waals surface area contributed by atoms with Crippen LogP contribution in [0.5, 0.6) is 0 Å². The molecule has 18 heavy (non-hydrogen) atoms. The maximum Gasteiger partial charge on any atom is 0.133 e. The Morgan fingerprint density at radius 1 is 1.22 bits per heavy atom. The van der Waals surface area contributed by atoms with Gasteiger partial charge in [-0.2, -0.15) is 0 Å². The Balaban J connectivity index is 1.56. The maximum atomic E-state index is 5.60. The SMILES string of the molecule is NCCN1CCN(C2Nc3ccccc3S2)CC1. The van der Waals surface area contributed by atoms with Crippen LogP contribution in [0.25, 0.3) is 0 Å². The Kier molecular flexibility index (Phi) is 3.75. The number of nitrogens with one attached hydrogen (secondary N) is 1. The summed E-state index contributed by atoms with van der Waals surface area (Å²) in [5, 5.41) is 3.60. The fourth-order valence-electron chi connectivity index (χ4n) is 2.54. The van der Waals surface area contributed by atoms with Crippen molar-refractivity contribution in [3.8, 4) is 0 Å². The normalized spacial score (nSPS) is 24.8. The van der Waals surface area contributed by atoms with Gasteiger partial charge in [0.05, 0.1) is 0 Å². The predicted molar refractivity (Wildman–Crippen MR) is 76.8 cm³/mol. The van der Waals surface area contributed by atoms with E-state index in [2.05, 4.69) is 39.4 Å². The Hall–Kier alpha value is -0.750. The van der Waals surface area contributed by atoms with E-state index in [0.29, 0.717) is 5.50 Å². The molecule has 0 spiro atoms. The Morgan fingerprint density at radius 2 is 2.00 bits per heavy atom. The molecule has 1 aromatic carbocycles. The average Bonchev–Trinajstić information content (AvgIpc) is 2.84. The summed E-state index contributed by atoms with van der Waals surface area (Å²) < 4.78 is 0. The van der Waals surface area contributed by atoms with Gasteiger partial charge in [0.1, 0.15) is 5.50 Å². The Bertz CT molecular complexity index is 379. The van der Waals surface area contributed by atoms with E-state index >= 15 is 0 Å². The van der Waals surface area contributed by atoms with E-state index in [1.54, 1.807) is 0 Å². The number of nitrogens with zero attached hydrogens (tertiary/aromatic N) is 2. The number of hydrogen-bond acceptors (Lipinski definition) is 5. The molecule has 0 amide bonds. The lowest BCUT2D eigenvalue weighted by Crippen LogP contribution is -2.51. The molecule has 1 aromatic rings. The number of nitrogens with two attached hydrogens (primary N) is 1. The van der Waals surface area contributed by atoms with Crippen molar-refractivity contribution in [3.05, 3.63) is 24.3 Å². The molecule has 2 aliphatic rings. The Labute approximate surface area is 113 Å². The summed E-state index contributed by atoms with van der Waals surface area (Å²) in [6, 6.07) is 8.55. The molecule has 0 radical (unpaired) electrons. The fourth-order valence-corrected chi connectivity index (χ4v) is 3.74. The highest BCUT2D eigenvalue weighted by Crippen LogP contribution is 2.39. The lowest BCUT2D eigenvalue weighted by molar-refractivity contribution is 0.134. The van der Waals surface area contributed by atoms with Gasteiger partial charge in [-0.25, -0.2) is 0 Å². The van der Waals surface area contributed by atoms with Crippen LogP contribution in [0.2, 0.25) is 0 Å². The summed E-state index contributed by atoms with van der Waals surface area (Å²) in [6.07, 6.45) is 0. The van der Waals surface area contributed by atoms with Crippen LogP contribution in [0.1, 0.15) is 0 Å². The summed E-state index contributed by atoms with van der Waals surface area (Å²) >= 11 is 1.93. The number of para-hydroxylation sites is 1. The molecule has 1 fully saturated rings. The molecule has 1 atom stereocenters. The first-order valence-corrected chi connectivity index (χ1v) is 7.43. The highest BCUT2D eigenvalue weighted by Gasteiger charge is 2.28. The molecule has 0 bridgehead atoms. The van der Waals surface area contributed by atoms with Gasteiger partial charge in [-0.15, -0.1) is 0 Å². The number of thioether (sulfide) groups is 1. The minimum atomic E-state index is 0.405. The standard InChI is InChI=1S/C13H20N4S/c14-5-6-16-7-9-17(10-8-16)13-15-11-3-1-2-4-12(11)18-13/h1-4,13,15H,5-10,14H2. The fraction of sp³-hybridized carbons (Fsp3) is 0.538.